The molecule has 7 heteroatoms. The van der Waals surface area contributed by atoms with Crippen LogP contribution in [0.15, 0.2) is 36.5 Å². The van der Waals surface area contributed by atoms with Gasteiger partial charge in [-0.25, -0.2) is 4.98 Å². The van der Waals surface area contributed by atoms with Gasteiger partial charge in [-0.1, -0.05) is 13.0 Å². The number of aromatic amines is 1. The molecule has 28 heavy (non-hydrogen) atoms. The Labute approximate surface area is 179 Å². The fourth-order valence-corrected chi connectivity index (χ4v) is 5.25. The van der Waals surface area contributed by atoms with Gasteiger partial charge in [-0.15, -0.1) is 0 Å². The summed E-state index contributed by atoms with van der Waals surface area (Å²) in [6, 6.07) is 12.1. The van der Waals surface area contributed by atoms with Gasteiger partial charge in [0.25, 0.3) is 0 Å². The maximum absolute atomic E-state index is 9.16. The van der Waals surface area contributed by atoms with Crippen molar-refractivity contribution in [2.45, 2.75) is 26.4 Å². The quantitative estimate of drug-likeness (QED) is 0.348. The van der Waals surface area contributed by atoms with Crippen LogP contribution in [0.2, 0.25) is 0 Å². The summed E-state index contributed by atoms with van der Waals surface area (Å²) in [5, 5.41) is 10.3. The van der Waals surface area contributed by atoms with Crippen LogP contribution in [0.3, 0.4) is 0 Å². The number of aryl methyl sites for hydroxylation is 2. The van der Waals surface area contributed by atoms with Gasteiger partial charge in [0.15, 0.2) is 0 Å². The summed E-state index contributed by atoms with van der Waals surface area (Å²) in [7, 11) is 3.37. The Hall–Kier alpha value is -2.02. The van der Waals surface area contributed by atoms with Crippen molar-refractivity contribution in [3.63, 3.8) is 0 Å². The second kappa shape index (κ2) is 7.78. The van der Waals surface area contributed by atoms with Crippen molar-refractivity contribution < 1.29 is 4.74 Å². The molecule has 0 aliphatic rings. The van der Waals surface area contributed by atoms with Crippen LogP contribution in [0.4, 0.5) is 0 Å². The molecule has 5 nitrogen and oxygen atoms in total. The lowest BCUT2D eigenvalue weighted by atomic mass is 9.93. The molecule has 1 unspecified atom stereocenters. The van der Waals surface area contributed by atoms with Crippen LogP contribution in [0.5, 0.6) is 0 Å². The second-order valence-corrected chi connectivity index (χ2v) is 8.39. The molecule has 1 N–H and O–H groups in total. The number of aromatic nitrogens is 3. The molecule has 0 saturated heterocycles. The molecule has 4 rings (SSSR count). The number of halogens is 1. The van der Waals surface area contributed by atoms with Gasteiger partial charge in [0, 0.05) is 54.6 Å². The van der Waals surface area contributed by atoms with E-state index in [1.165, 1.54) is 22.0 Å². The third-order valence-electron chi connectivity index (χ3n) is 5.08. The Bertz CT molecular complexity index is 1220. The van der Waals surface area contributed by atoms with E-state index in [2.05, 4.69) is 68.4 Å². The zero-order valence-electron chi connectivity index (χ0n) is 15.8. The standard InChI is InChI=1S/C21H19IN4OS/c1-4-14-9-12(2)19-15(7-8-26(19)28-22)18(14)20(27-3)21-24-16-6-5-13(11-23)10-17(16)25-21/h5-10,20H,4H2,1-3H3,(H,24,25). The summed E-state index contributed by atoms with van der Waals surface area (Å²) < 4.78 is 8.14. The third kappa shape index (κ3) is 3.09. The predicted octanol–water partition coefficient (Wildman–Crippen LogP) is 5.84. The lowest BCUT2D eigenvalue weighted by Crippen LogP contribution is -2.10. The van der Waals surface area contributed by atoms with Gasteiger partial charge in [-0.2, -0.15) is 5.26 Å². The van der Waals surface area contributed by atoms with E-state index in [1.807, 2.05) is 12.1 Å². The van der Waals surface area contributed by atoms with Crippen LogP contribution >= 0.6 is 30.3 Å². The summed E-state index contributed by atoms with van der Waals surface area (Å²) in [6.07, 6.45) is 2.70. The summed E-state index contributed by atoms with van der Waals surface area (Å²) in [5.74, 6) is 0.752. The Balaban J connectivity index is 1.95. The number of hydrogen-bond acceptors (Lipinski definition) is 4. The molecule has 1 atom stereocenters. The fourth-order valence-electron chi connectivity index (χ4n) is 3.85. The van der Waals surface area contributed by atoms with Crippen LogP contribution in [0, 0.1) is 18.3 Å². The first-order valence-corrected chi connectivity index (χ1v) is 12.3. The van der Waals surface area contributed by atoms with Crippen LogP contribution in [-0.2, 0) is 11.2 Å². The SMILES string of the molecule is CCc1cc(C)c2c(ccn2SI)c1C(OC)c1nc2ccc(C#N)cc2[nH]1. The van der Waals surface area contributed by atoms with Gasteiger partial charge >= 0.3 is 0 Å². The van der Waals surface area contributed by atoms with Gasteiger partial charge in [-0.3, -0.25) is 3.97 Å². The number of methoxy groups -OCH3 is 1. The maximum atomic E-state index is 9.16. The predicted molar refractivity (Wildman–Crippen MR) is 123 cm³/mol. The number of nitriles is 1. The van der Waals surface area contributed by atoms with Gasteiger partial charge in [0.05, 0.1) is 28.2 Å². The lowest BCUT2D eigenvalue weighted by molar-refractivity contribution is 0.130. The van der Waals surface area contributed by atoms with Crippen LogP contribution in [-0.4, -0.2) is 21.1 Å². The van der Waals surface area contributed by atoms with Crippen molar-refractivity contribution in [1.82, 2.24) is 13.9 Å². The highest BCUT2D eigenvalue weighted by atomic mass is 127. The molecule has 0 spiro atoms. The molecular formula is C21H19IN4OS. The first kappa shape index (κ1) is 19.3. The van der Waals surface area contributed by atoms with E-state index in [0.717, 1.165) is 28.8 Å². The average molecular weight is 502 g/mol. The monoisotopic (exact) mass is 502 g/mol. The minimum Gasteiger partial charge on any atom is -0.369 e. The Morgan fingerprint density at radius 3 is 2.86 bits per heavy atom. The molecule has 2 aromatic heterocycles. The average Bonchev–Trinajstić information content (AvgIpc) is 3.33. The second-order valence-electron chi connectivity index (χ2n) is 6.67. The van der Waals surface area contributed by atoms with Gasteiger partial charge in [-0.05, 0) is 48.7 Å². The Kier molecular flexibility index (Phi) is 5.36. The van der Waals surface area contributed by atoms with Crippen LogP contribution in [0.25, 0.3) is 21.9 Å². The minimum atomic E-state index is -0.314. The Morgan fingerprint density at radius 2 is 2.18 bits per heavy atom. The topological polar surface area (TPSA) is 66.6 Å². The summed E-state index contributed by atoms with van der Waals surface area (Å²) in [6.45, 7) is 4.32. The molecule has 0 saturated carbocycles. The molecule has 0 radical (unpaired) electrons. The van der Waals surface area contributed by atoms with Gasteiger partial charge in [0.1, 0.15) is 11.9 Å². The number of H-pyrrole nitrogens is 1. The number of fused-ring (bicyclic) bond motifs is 2. The van der Waals surface area contributed by atoms with Crippen molar-refractivity contribution >= 4 is 52.3 Å². The van der Waals surface area contributed by atoms with Gasteiger partial charge in [0.2, 0.25) is 0 Å². The van der Waals surface area contributed by atoms with Crippen molar-refractivity contribution in [2.75, 3.05) is 7.11 Å². The first-order valence-electron chi connectivity index (χ1n) is 8.96. The van der Waals surface area contributed by atoms with E-state index >= 15 is 0 Å². The number of hydrogen-bond donors (Lipinski definition) is 1. The van der Waals surface area contributed by atoms with E-state index in [4.69, 9.17) is 15.0 Å². The van der Waals surface area contributed by atoms with Gasteiger partial charge < -0.3 is 9.72 Å². The van der Waals surface area contributed by atoms with Crippen molar-refractivity contribution in [3.8, 4) is 6.07 Å². The fraction of sp³-hybridized carbons (Fsp3) is 0.238. The van der Waals surface area contributed by atoms with E-state index in [9.17, 15) is 0 Å². The van der Waals surface area contributed by atoms with E-state index < -0.39 is 0 Å². The third-order valence-corrected chi connectivity index (χ3v) is 6.81. The van der Waals surface area contributed by atoms with Crippen molar-refractivity contribution in [1.29, 1.82) is 5.26 Å². The smallest absolute Gasteiger partial charge is 0.141 e. The number of imidazole rings is 1. The highest BCUT2D eigenvalue weighted by Gasteiger charge is 2.25. The minimum absolute atomic E-state index is 0.314. The van der Waals surface area contributed by atoms with E-state index in [1.54, 1.807) is 22.3 Å². The molecule has 4 aromatic rings. The number of rotatable bonds is 5. The highest BCUT2D eigenvalue weighted by molar-refractivity contribution is 14.2. The zero-order chi connectivity index (χ0) is 19.8. The van der Waals surface area contributed by atoms with Crippen molar-refractivity contribution in [3.05, 3.63) is 64.6 Å². The molecule has 0 bridgehead atoms. The molecular weight excluding hydrogens is 483 g/mol. The normalized spacial score (nSPS) is 12.5. The summed E-state index contributed by atoms with van der Waals surface area (Å²) >= 11 is 2.30. The van der Waals surface area contributed by atoms with Crippen LogP contribution in [0.1, 0.15) is 41.1 Å². The largest absolute Gasteiger partial charge is 0.369 e. The summed E-state index contributed by atoms with van der Waals surface area (Å²) in [4.78, 5) is 8.13. The first-order chi connectivity index (χ1) is 13.6. The lowest BCUT2D eigenvalue weighted by Gasteiger charge is -2.20. The molecule has 0 amide bonds. The number of nitrogens with zero attached hydrogens (tertiary/aromatic N) is 3. The maximum Gasteiger partial charge on any atom is 0.141 e. The molecule has 2 heterocycles. The van der Waals surface area contributed by atoms with Crippen molar-refractivity contribution in [2.24, 2.45) is 0 Å². The van der Waals surface area contributed by atoms with Crippen LogP contribution < -0.4 is 0 Å². The number of ether oxygens (including phenoxy) is 1. The molecule has 0 aliphatic heterocycles. The summed E-state index contributed by atoms with van der Waals surface area (Å²) in [5.41, 5.74) is 7.15. The molecule has 142 valence electrons. The zero-order valence-corrected chi connectivity index (χ0v) is 18.8. The Morgan fingerprint density at radius 1 is 1.36 bits per heavy atom. The highest BCUT2D eigenvalue weighted by Crippen LogP contribution is 2.38. The van der Waals surface area contributed by atoms with E-state index in [-0.39, 0.29) is 6.10 Å². The number of benzene rings is 2. The van der Waals surface area contributed by atoms with E-state index in [0.29, 0.717) is 5.56 Å². The molecule has 2 aromatic carbocycles. The number of nitrogens with one attached hydrogen (secondary N) is 1. The molecule has 0 aliphatic carbocycles. The molecule has 0 fully saturated rings.